The highest BCUT2D eigenvalue weighted by molar-refractivity contribution is 5.82. The highest BCUT2D eigenvalue weighted by Gasteiger charge is 2.54. The monoisotopic (exact) mass is 251 g/mol. The van der Waals surface area contributed by atoms with E-state index < -0.39 is 0 Å². The summed E-state index contributed by atoms with van der Waals surface area (Å²) in [5.74, 6) is 1.98. The molecule has 1 saturated heterocycles. The average Bonchev–Trinajstić information content (AvgIpc) is 3.02. The van der Waals surface area contributed by atoms with Crippen molar-refractivity contribution in [2.24, 2.45) is 16.3 Å². The van der Waals surface area contributed by atoms with Gasteiger partial charge in [0.05, 0.1) is 0 Å². The van der Waals surface area contributed by atoms with Crippen molar-refractivity contribution >= 4 is 5.96 Å². The fraction of sp³-hybridized carbons (Fsp3) is 0.933. The molecule has 0 bridgehead atoms. The fourth-order valence-electron chi connectivity index (χ4n) is 2.94. The third-order valence-corrected chi connectivity index (χ3v) is 5.25. The molecule has 3 nitrogen and oxygen atoms in total. The summed E-state index contributed by atoms with van der Waals surface area (Å²) in [6.07, 6.45) is 3.97. The molecular weight excluding hydrogens is 222 g/mol. The zero-order valence-electron chi connectivity index (χ0n) is 12.9. The van der Waals surface area contributed by atoms with Crippen molar-refractivity contribution in [1.29, 1.82) is 0 Å². The first-order valence-corrected chi connectivity index (χ1v) is 7.34. The number of hydrogen-bond acceptors (Lipinski definition) is 1. The molecule has 1 heterocycles. The van der Waals surface area contributed by atoms with Crippen LogP contribution in [0.1, 0.15) is 53.9 Å². The van der Waals surface area contributed by atoms with Gasteiger partial charge in [-0.15, -0.1) is 0 Å². The fourth-order valence-corrected chi connectivity index (χ4v) is 2.94. The maximum Gasteiger partial charge on any atom is 0.194 e. The van der Waals surface area contributed by atoms with Gasteiger partial charge in [-0.05, 0) is 32.6 Å². The predicted octanol–water partition coefficient (Wildman–Crippen LogP) is 2.87. The molecule has 0 aromatic carbocycles. The van der Waals surface area contributed by atoms with Crippen LogP contribution in [0.5, 0.6) is 0 Å². The van der Waals surface area contributed by atoms with Crippen LogP contribution < -0.4 is 5.32 Å². The van der Waals surface area contributed by atoms with Crippen LogP contribution >= 0.6 is 0 Å². The van der Waals surface area contributed by atoms with Crippen molar-refractivity contribution in [3.8, 4) is 0 Å². The van der Waals surface area contributed by atoms with E-state index >= 15 is 0 Å². The van der Waals surface area contributed by atoms with Gasteiger partial charge in [-0.3, -0.25) is 4.99 Å². The van der Waals surface area contributed by atoms with Crippen molar-refractivity contribution in [2.45, 2.75) is 65.5 Å². The van der Waals surface area contributed by atoms with Crippen LogP contribution in [0.15, 0.2) is 4.99 Å². The van der Waals surface area contributed by atoms with Gasteiger partial charge < -0.3 is 10.2 Å². The highest BCUT2D eigenvalue weighted by Crippen LogP contribution is 2.46. The molecule has 1 aliphatic heterocycles. The molecule has 0 spiro atoms. The van der Waals surface area contributed by atoms with E-state index in [1.807, 2.05) is 7.05 Å². The number of nitrogens with zero attached hydrogens (tertiary/aromatic N) is 2. The van der Waals surface area contributed by atoms with E-state index in [2.05, 4.69) is 49.8 Å². The Morgan fingerprint density at radius 1 is 1.33 bits per heavy atom. The van der Waals surface area contributed by atoms with Crippen molar-refractivity contribution in [2.75, 3.05) is 13.6 Å². The van der Waals surface area contributed by atoms with E-state index in [9.17, 15) is 0 Å². The molecule has 3 heteroatoms. The van der Waals surface area contributed by atoms with Crippen molar-refractivity contribution in [3.63, 3.8) is 0 Å². The summed E-state index contributed by atoms with van der Waals surface area (Å²) in [7, 11) is 1.90. The van der Waals surface area contributed by atoms with Crippen LogP contribution in [0.25, 0.3) is 0 Å². The lowest BCUT2D eigenvalue weighted by Crippen LogP contribution is -2.72. The molecule has 0 radical (unpaired) electrons. The van der Waals surface area contributed by atoms with Gasteiger partial charge in [-0.25, -0.2) is 0 Å². The summed E-state index contributed by atoms with van der Waals surface area (Å²) in [6.45, 7) is 12.7. The van der Waals surface area contributed by atoms with Crippen molar-refractivity contribution in [3.05, 3.63) is 0 Å². The molecule has 104 valence electrons. The van der Waals surface area contributed by atoms with Crippen LogP contribution in [0, 0.1) is 11.3 Å². The summed E-state index contributed by atoms with van der Waals surface area (Å²) in [5.41, 5.74) is 0.570. The van der Waals surface area contributed by atoms with E-state index in [0.717, 1.165) is 18.4 Å². The lowest BCUT2D eigenvalue weighted by molar-refractivity contribution is -0.0668. The van der Waals surface area contributed by atoms with Gasteiger partial charge >= 0.3 is 0 Å². The minimum absolute atomic E-state index is 0.198. The second-order valence-corrected chi connectivity index (χ2v) is 7.11. The largest absolute Gasteiger partial charge is 0.353 e. The summed E-state index contributed by atoms with van der Waals surface area (Å²) in [5, 5.41) is 3.65. The molecule has 0 aromatic rings. The molecule has 18 heavy (non-hydrogen) atoms. The quantitative estimate of drug-likeness (QED) is 0.617. The minimum atomic E-state index is 0.198. The Balaban J connectivity index is 1.93. The predicted molar refractivity (Wildman–Crippen MR) is 77.9 cm³/mol. The molecule has 0 amide bonds. The van der Waals surface area contributed by atoms with E-state index in [-0.39, 0.29) is 5.54 Å². The first kappa shape index (κ1) is 13.7. The van der Waals surface area contributed by atoms with Crippen LogP contribution in [-0.4, -0.2) is 36.0 Å². The Morgan fingerprint density at radius 2 is 2.00 bits per heavy atom. The normalized spacial score (nSPS) is 33.0. The van der Waals surface area contributed by atoms with Crippen LogP contribution in [0.3, 0.4) is 0 Å². The van der Waals surface area contributed by atoms with E-state index in [4.69, 9.17) is 0 Å². The molecule has 2 aliphatic rings. The zero-order chi connectivity index (χ0) is 13.6. The molecule has 1 N–H and O–H groups in total. The van der Waals surface area contributed by atoms with Crippen molar-refractivity contribution in [1.82, 2.24) is 10.2 Å². The van der Waals surface area contributed by atoms with Gasteiger partial charge in [0.15, 0.2) is 5.96 Å². The number of nitrogens with one attached hydrogen (secondary N) is 1. The molecule has 2 fully saturated rings. The number of rotatable bonds is 3. The average molecular weight is 251 g/mol. The summed E-state index contributed by atoms with van der Waals surface area (Å²) < 4.78 is 0. The first-order chi connectivity index (χ1) is 8.33. The molecule has 2 atom stereocenters. The van der Waals surface area contributed by atoms with Gasteiger partial charge in [0.1, 0.15) is 0 Å². The molecule has 2 rings (SSSR count). The van der Waals surface area contributed by atoms with E-state index in [0.29, 0.717) is 11.5 Å². The number of likely N-dealkylation sites (tertiary alicyclic amines) is 1. The van der Waals surface area contributed by atoms with Gasteiger partial charge in [0.25, 0.3) is 0 Å². The van der Waals surface area contributed by atoms with Gasteiger partial charge in [-0.2, -0.15) is 0 Å². The Bertz CT molecular complexity index is 344. The van der Waals surface area contributed by atoms with Crippen LogP contribution in [0.2, 0.25) is 0 Å². The second kappa shape index (κ2) is 4.43. The minimum Gasteiger partial charge on any atom is -0.353 e. The zero-order valence-corrected chi connectivity index (χ0v) is 12.9. The van der Waals surface area contributed by atoms with Gasteiger partial charge in [0, 0.05) is 30.6 Å². The van der Waals surface area contributed by atoms with Gasteiger partial charge in [-0.1, -0.05) is 27.2 Å². The number of hydrogen-bond donors (Lipinski definition) is 1. The summed E-state index contributed by atoms with van der Waals surface area (Å²) >= 11 is 0. The third-order valence-electron chi connectivity index (χ3n) is 5.25. The number of aliphatic imine (C=N–C) groups is 1. The first-order valence-electron chi connectivity index (χ1n) is 7.34. The second-order valence-electron chi connectivity index (χ2n) is 7.11. The third kappa shape index (κ3) is 2.12. The standard InChI is InChI=1S/C15H29N3/c1-7-8-11-9-12(11)17-13(16-6)18-10-14(2,3)15(18,4)5/h11-12H,7-10H2,1-6H3,(H,16,17). The lowest BCUT2D eigenvalue weighted by atomic mass is 9.65. The Hall–Kier alpha value is -0.730. The Labute approximate surface area is 112 Å². The van der Waals surface area contributed by atoms with E-state index in [1.165, 1.54) is 19.3 Å². The van der Waals surface area contributed by atoms with Crippen LogP contribution in [0.4, 0.5) is 0 Å². The lowest BCUT2D eigenvalue weighted by Gasteiger charge is -2.62. The SMILES string of the molecule is CCCC1CC1NC(=NC)N1CC(C)(C)C1(C)C. The summed E-state index contributed by atoms with van der Waals surface area (Å²) in [6, 6.07) is 0.670. The topological polar surface area (TPSA) is 27.6 Å². The molecule has 1 aliphatic carbocycles. The maximum atomic E-state index is 4.48. The highest BCUT2D eigenvalue weighted by atomic mass is 15.4. The Kier molecular flexibility index (Phi) is 3.37. The smallest absolute Gasteiger partial charge is 0.194 e. The summed E-state index contributed by atoms with van der Waals surface area (Å²) in [4.78, 5) is 6.90. The molecule has 2 unspecified atom stereocenters. The van der Waals surface area contributed by atoms with Crippen LogP contribution in [-0.2, 0) is 0 Å². The molecule has 1 saturated carbocycles. The van der Waals surface area contributed by atoms with Crippen molar-refractivity contribution < 1.29 is 0 Å². The maximum absolute atomic E-state index is 4.48. The Morgan fingerprint density at radius 3 is 2.44 bits per heavy atom. The molecule has 0 aromatic heterocycles. The van der Waals surface area contributed by atoms with Gasteiger partial charge in [0.2, 0.25) is 0 Å². The molecular formula is C15H29N3. The number of guanidine groups is 1. The van der Waals surface area contributed by atoms with E-state index in [1.54, 1.807) is 0 Å².